The van der Waals surface area contributed by atoms with Crippen LogP contribution in [-0.2, 0) is 26.5 Å². The van der Waals surface area contributed by atoms with Gasteiger partial charge >= 0.3 is 0 Å². The Labute approximate surface area is 177 Å². The van der Waals surface area contributed by atoms with Crippen molar-refractivity contribution in [2.45, 2.75) is 31.1 Å². The molecule has 0 saturated carbocycles. The van der Waals surface area contributed by atoms with Crippen LogP contribution in [-0.4, -0.2) is 43.4 Å². The van der Waals surface area contributed by atoms with E-state index in [-0.39, 0.29) is 10.6 Å². The molecule has 3 rings (SSSR count). The van der Waals surface area contributed by atoms with Crippen LogP contribution in [0.1, 0.15) is 25.3 Å². The number of sulfonamides is 2. The zero-order valence-corrected chi connectivity index (χ0v) is 18.8. The molecule has 0 unspecified atom stereocenters. The van der Waals surface area contributed by atoms with Gasteiger partial charge in [0.1, 0.15) is 0 Å². The molecular weight excluding hydrogens is 428 g/mol. The third-order valence-electron chi connectivity index (χ3n) is 4.87. The van der Waals surface area contributed by atoms with Crippen molar-refractivity contribution in [3.8, 4) is 11.5 Å². The van der Waals surface area contributed by atoms with Crippen LogP contribution in [0.4, 0.5) is 11.4 Å². The van der Waals surface area contributed by atoms with Gasteiger partial charge in [-0.25, -0.2) is 16.8 Å². The van der Waals surface area contributed by atoms with Crippen molar-refractivity contribution < 1.29 is 26.3 Å². The van der Waals surface area contributed by atoms with Crippen molar-refractivity contribution in [3.63, 3.8) is 0 Å². The van der Waals surface area contributed by atoms with Crippen molar-refractivity contribution in [1.82, 2.24) is 0 Å². The van der Waals surface area contributed by atoms with Crippen LogP contribution in [0.25, 0.3) is 0 Å². The minimum absolute atomic E-state index is 0.0324. The van der Waals surface area contributed by atoms with E-state index in [2.05, 4.69) is 4.72 Å². The normalized spacial score (nSPS) is 14.2. The maximum absolute atomic E-state index is 12.8. The first-order valence-electron chi connectivity index (χ1n) is 9.60. The molecule has 1 heterocycles. The largest absolute Gasteiger partial charge is 0.493 e. The Morgan fingerprint density at radius 3 is 2.40 bits per heavy atom. The molecule has 0 amide bonds. The highest BCUT2D eigenvalue weighted by Crippen LogP contribution is 2.34. The number of nitrogens with zero attached hydrogens (tertiary/aromatic N) is 1. The third-order valence-corrected chi connectivity index (χ3v) is 8.22. The minimum Gasteiger partial charge on any atom is -0.493 e. The third kappa shape index (κ3) is 4.49. The predicted molar refractivity (Wildman–Crippen MR) is 117 cm³/mol. The number of methoxy groups -OCH3 is 2. The fourth-order valence-electron chi connectivity index (χ4n) is 3.48. The molecule has 10 heteroatoms. The highest BCUT2D eigenvalue weighted by atomic mass is 32.2. The Morgan fingerprint density at radius 2 is 1.73 bits per heavy atom. The molecule has 0 aromatic heterocycles. The summed E-state index contributed by atoms with van der Waals surface area (Å²) >= 11 is 0. The molecule has 1 N–H and O–H groups in total. The topological polar surface area (TPSA) is 102 Å². The summed E-state index contributed by atoms with van der Waals surface area (Å²) in [6.07, 6.45) is 1.90. The van der Waals surface area contributed by atoms with E-state index in [4.69, 9.17) is 9.47 Å². The molecular formula is C20H26N2O6S2. The van der Waals surface area contributed by atoms with Gasteiger partial charge in [0, 0.05) is 18.3 Å². The van der Waals surface area contributed by atoms with Crippen LogP contribution in [0.2, 0.25) is 0 Å². The summed E-state index contributed by atoms with van der Waals surface area (Å²) in [6, 6.07) is 9.28. The number of nitrogens with one attached hydrogen (secondary N) is 1. The minimum atomic E-state index is -3.87. The monoisotopic (exact) mass is 454 g/mol. The summed E-state index contributed by atoms with van der Waals surface area (Å²) in [5.41, 5.74) is 1.79. The first kappa shape index (κ1) is 22.2. The number of hydrogen-bond donors (Lipinski definition) is 1. The Kier molecular flexibility index (Phi) is 6.47. The van der Waals surface area contributed by atoms with Crippen LogP contribution >= 0.6 is 0 Å². The second-order valence-corrected chi connectivity index (χ2v) is 10.7. The lowest BCUT2D eigenvalue weighted by Crippen LogP contribution is -2.37. The summed E-state index contributed by atoms with van der Waals surface area (Å²) in [6.45, 7) is 2.26. The van der Waals surface area contributed by atoms with E-state index >= 15 is 0 Å². The van der Waals surface area contributed by atoms with Gasteiger partial charge in [-0.05, 0) is 55.2 Å². The van der Waals surface area contributed by atoms with E-state index in [0.717, 1.165) is 5.56 Å². The molecule has 0 aliphatic carbocycles. The lowest BCUT2D eigenvalue weighted by molar-refractivity contribution is 0.354. The summed E-state index contributed by atoms with van der Waals surface area (Å²) in [5, 5.41) is 0. The van der Waals surface area contributed by atoms with Crippen molar-refractivity contribution >= 4 is 31.4 Å². The summed E-state index contributed by atoms with van der Waals surface area (Å²) in [4.78, 5) is 0.0324. The van der Waals surface area contributed by atoms with Gasteiger partial charge in [0.25, 0.3) is 10.0 Å². The van der Waals surface area contributed by atoms with Gasteiger partial charge in [0.2, 0.25) is 10.0 Å². The Hall–Kier alpha value is -2.46. The van der Waals surface area contributed by atoms with Crippen LogP contribution in [0.15, 0.2) is 41.3 Å². The number of benzene rings is 2. The fourth-order valence-corrected chi connectivity index (χ4v) is 6.17. The fraction of sp³-hybridized carbons (Fsp3) is 0.400. The van der Waals surface area contributed by atoms with Gasteiger partial charge in [-0.3, -0.25) is 9.03 Å². The second-order valence-electron chi connectivity index (χ2n) is 6.96. The van der Waals surface area contributed by atoms with Gasteiger partial charge in [0.15, 0.2) is 11.5 Å². The lowest BCUT2D eigenvalue weighted by atomic mass is 10.0. The van der Waals surface area contributed by atoms with Gasteiger partial charge in [-0.1, -0.05) is 6.92 Å². The van der Waals surface area contributed by atoms with E-state index in [0.29, 0.717) is 48.7 Å². The highest BCUT2D eigenvalue weighted by molar-refractivity contribution is 7.93. The van der Waals surface area contributed by atoms with Crippen LogP contribution in [0, 0.1) is 0 Å². The molecule has 0 fully saturated rings. The number of anilines is 2. The van der Waals surface area contributed by atoms with Gasteiger partial charge in [-0.2, -0.15) is 0 Å². The van der Waals surface area contributed by atoms with Crippen molar-refractivity contribution in [2.75, 3.05) is 35.5 Å². The highest BCUT2D eigenvalue weighted by Gasteiger charge is 2.27. The first-order valence-corrected chi connectivity index (χ1v) is 12.7. The van der Waals surface area contributed by atoms with Gasteiger partial charge in [0.05, 0.1) is 30.6 Å². The Bertz CT molecular complexity index is 1130. The van der Waals surface area contributed by atoms with E-state index in [1.807, 2.05) is 6.92 Å². The molecule has 2 aromatic carbocycles. The molecule has 1 aliphatic rings. The summed E-state index contributed by atoms with van der Waals surface area (Å²) < 4.78 is 65.1. The molecule has 8 nitrogen and oxygen atoms in total. The van der Waals surface area contributed by atoms with Crippen LogP contribution in [0.3, 0.4) is 0 Å². The molecule has 0 radical (unpaired) electrons. The van der Waals surface area contributed by atoms with Crippen LogP contribution < -0.4 is 18.5 Å². The Balaban J connectivity index is 1.90. The summed E-state index contributed by atoms with van der Waals surface area (Å²) in [5.74, 6) is 0.821. The van der Waals surface area contributed by atoms with Crippen molar-refractivity contribution in [1.29, 1.82) is 0 Å². The molecule has 1 aliphatic heterocycles. The van der Waals surface area contributed by atoms with Gasteiger partial charge in [-0.15, -0.1) is 0 Å². The number of hydrogen-bond acceptors (Lipinski definition) is 6. The van der Waals surface area contributed by atoms with E-state index in [1.54, 1.807) is 18.2 Å². The number of ether oxygens (including phenoxy) is 2. The molecule has 0 spiro atoms. The number of fused-ring (bicyclic) bond motifs is 1. The average molecular weight is 455 g/mol. The maximum Gasteiger partial charge on any atom is 0.262 e. The Morgan fingerprint density at radius 1 is 1.00 bits per heavy atom. The van der Waals surface area contributed by atoms with Crippen molar-refractivity contribution in [2.24, 2.45) is 0 Å². The summed E-state index contributed by atoms with van der Waals surface area (Å²) in [7, 11) is -4.34. The smallest absolute Gasteiger partial charge is 0.262 e. The zero-order valence-electron chi connectivity index (χ0n) is 17.2. The zero-order chi connectivity index (χ0) is 21.9. The van der Waals surface area contributed by atoms with E-state index < -0.39 is 20.0 Å². The molecule has 0 atom stereocenters. The van der Waals surface area contributed by atoms with Crippen molar-refractivity contribution in [3.05, 3.63) is 42.0 Å². The molecule has 30 heavy (non-hydrogen) atoms. The number of rotatable bonds is 8. The molecule has 0 saturated heterocycles. The van der Waals surface area contributed by atoms with E-state index in [9.17, 15) is 16.8 Å². The SMILES string of the molecule is CCCS(=O)(=O)N1CCCc2cc(NS(=O)(=O)c3ccc(OC)c(OC)c3)ccc21. The van der Waals surface area contributed by atoms with Crippen LogP contribution in [0.5, 0.6) is 11.5 Å². The van der Waals surface area contributed by atoms with Gasteiger partial charge < -0.3 is 9.47 Å². The standard InChI is InChI=1S/C20H26N2O6S2/c1-4-12-29(23,24)22-11-5-6-15-13-16(7-9-18(15)22)21-30(25,26)17-8-10-19(27-2)20(14-17)28-3/h7-10,13-14,21H,4-6,11-12H2,1-3H3. The first-order chi connectivity index (χ1) is 14.2. The average Bonchev–Trinajstić information content (AvgIpc) is 2.72. The lowest BCUT2D eigenvalue weighted by Gasteiger charge is -2.30. The molecule has 2 aromatic rings. The number of aryl methyl sites for hydroxylation is 1. The quantitative estimate of drug-likeness (QED) is 0.658. The molecule has 0 bridgehead atoms. The molecule has 164 valence electrons. The van der Waals surface area contributed by atoms with E-state index in [1.165, 1.54) is 36.7 Å². The predicted octanol–water partition coefficient (Wildman–Crippen LogP) is 3.00. The second kappa shape index (κ2) is 8.73. The maximum atomic E-state index is 12.8.